The summed E-state index contributed by atoms with van der Waals surface area (Å²) in [4.78, 5) is 16.6. The summed E-state index contributed by atoms with van der Waals surface area (Å²) in [5.74, 6) is -0.722. The van der Waals surface area contributed by atoms with E-state index in [-0.39, 0.29) is 5.92 Å². The van der Waals surface area contributed by atoms with E-state index in [1.807, 2.05) is 13.0 Å². The SMILES string of the molecule is CC[C@@H](O)[C@@H](C)[C@H](C=NOC)OC(=O)c1ccccc1. The number of hydrogen-bond acceptors (Lipinski definition) is 5. The lowest BCUT2D eigenvalue weighted by Crippen LogP contribution is -2.34. The lowest BCUT2D eigenvalue weighted by Gasteiger charge is -2.24. The van der Waals surface area contributed by atoms with Crippen LogP contribution in [0.1, 0.15) is 30.6 Å². The van der Waals surface area contributed by atoms with Gasteiger partial charge < -0.3 is 14.7 Å². The van der Waals surface area contributed by atoms with Crippen molar-refractivity contribution in [3.05, 3.63) is 35.9 Å². The lowest BCUT2D eigenvalue weighted by atomic mass is 9.97. The van der Waals surface area contributed by atoms with Crippen molar-refractivity contribution in [3.8, 4) is 0 Å². The third-order valence-electron chi connectivity index (χ3n) is 3.11. The molecule has 0 bridgehead atoms. The third kappa shape index (κ3) is 4.66. The lowest BCUT2D eigenvalue weighted by molar-refractivity contribution is 0.00931. The van der Waals surface area contributed by atoms with Gasteiger partial charge in [-0.3, -0.25) is 0 Å². The smallest absolute Gasteiger partial charge is 0.338 e. The molecule has 5 nitrogen and oxygen atoms in total. The molecule has 1 aromatic carbocycles. The van der Waals surface area contributed by atoms with Crippen LogP contribution in [0.5, 0.6) is 0 Å². The van der Waals surface area contributed by atoms with Crippen LogP contribution in [0.2, 0.25) is 0 Å². The summed E-state index contributed by atoms with van der Waals surface area (Å²) in [5.41, 5.74) is 0.460. The van der Waals surface area contributed by atoms with Gasteiger partial charge in [0.25, 0.3) is 0 Å². The van der Waals surface area contributed by atoms with Crippen LogP contribution < -0.4 is 0 Å². The molecule has 3 atom stereocenters. The van der Waals surface area contributed by atoms with Gasteiger partial charge in [-0.15, -0.1) is 0 Å². The van der Waals surface area contributed by atoms with Crippen LogP contribution in [-0.4, -0.2) is 36.6 Å². The first-order valence-electron chi connectivity index (χ1n) is 6.60. The van der Waals surface area contributed by atoms with Crippen molar-refractivity contribution < 1.29 is 19.5 Å². The summed E-state index contributed by atoms with van der Waals surface area (Å²) < 4.78 is 5.40. The zero-order valence-corrected chi connectivity index (χ0v) is 12.0. The summed E-state index contributed by atoms with van der Waals surface area (Å²) in [6, 6.07) is 8.70. The minimum absolute atomic E-state index is 0.272. The highest BCUT2D eigenvalue weighted by atomic mass is 16.6. The van der Waals surface area contributed by atoms with E-state index in [1.165, 1.54) is 13.3 Å². The summed E-state index contributed by atoms with van der Waals surface area (Å²) in [7, 11) is 1.41. The average molecular weight is 279 g/mol. The summed E-state index contributed by atoms with van der Waals surface area (Å²) in [5, 5.41) is 13.5. The molecule has 0 radical (unpaired) electrons. The predicted molar refractivity (Wildman–Crippen MR) is 76.6 cm³/mol. The van der Waals surface area contributed by atoms with E-state index in [0.717, 1.165) is 0 Å². The molecule has 5 heteroatoms. The fourth-order valence-electron chi connectivity index (χ4n) is 1.75. The normalized spacial score (nSPS) is 15.6. The van der Waals surface area contributed by atoms with Crippen LogP contribution in [0, 0.1) is 5.92 Å². The van der Waals surface area contributed by atoms with Crippen LogP contribution in [0.25, 0.3) is 0 Å². The highest BCUT2D eigenvalue weighted by Gasteiger charge is 2.26. The second kappa shape index (κ2) is 8.32. The minimum atomic E-state index is -0.641. The topological polar surface area (TPSA) is 68.1 Å². The molecule has 0 spiro atoms. The number of carbonyl (C=O) groups is 1. The molecule has 20 heavy (non-hydrogen) atoms. The molecule has 0 saturated heterocycles. The van der Waals surface area contributed by atoms with Crippen LogP contribution in [0.3, 0.4) is 0 Å². The molecule has 0 unspecified atom stereocenters. The van der Waals surface area contributed by atoms with Gasteiger partial charge in [-0.05, 0) is 18.6 Å². The molecule has 0 aliphatic rings. The maximum absolute atomic E-state index is 12.0. The molecule has 0 aliphatic carbocycles. The van der Waals surface area contributed by atoms with Gasteiger partial charge in [0.1, 0.15) is 13.2 Å². The highest BCUT2D eigenvalue weighted by molar-refractivity contribution is 5.90. The zero-order valence-electron chi connectivity index (χ0n) is 12.0. The minimum Gasteiger partial charge on any atom is -0.452 e. The monoisotopic (exact) mass is 279 g/mol. The Bertz CT molecular complexity index is 433. The fraction of sp³-hybridized carbons (Fsp3) is 0.467. The van der Waals surface area contributed by atoms with Crippen molar-refractivity contribution in [3.63, 3.8) is 0 Å². The Kier molecular flexibility index (Phi) is 6.73. The van der Waals surface area contributed by atoms with E-state index in [1.54, 1.807) is 31.2 Å². The van der Waals surface area contributed by atoms with Gasteiger partial charge in [-0.25, -0.2) is 4.79 Å². The van der Waals surface area contributed by atoms with Crippen molar-refractivity contribution in [1.82, 2.24) is 0 Å². The number of ether oxygens (including phenoxy) is 1. The number of benzene rings is 1. The summed E-state index contributed by atoms with van der Waals surface area (Å²) in [6.07, 6.45) is 0.746. The van der Waals surface area contributed by atoms with E-state index >= 15 is 0 Å². The highest BCUT2D eigenvalue weighted by Crippen LogP contribution is 2.15. The second-order valence-electron chi connectivity index (χ2n) is 4.51. The van der Waals surface area contributed by atoms with Gasteiger partial charge in [0, 0.05) is 5.92 Å². The van der Waals surface area contributed by atoms with Gasteiger partial charge >= 0.3 is 5.97 Å². The van der Waals surface area contributed by atoms with Crippen molar-refractivity contribution in [2.24, 2.45) is 11.1 Å². The van der Waals surface area contributed by atoms with Crippen molar-refractivity contribution in [1.29, 1.82) is 0 Å². The molecule has 1 rings (SSSR count). The van der Waals surface area contributed by atoms with Crippen molar-refractivity contribution in [2.75, 3.05) is 7.11 Å². The van der Waals surface area contributed by atoms with Crippen LogP contribution in [0.15, 0.2) is 35.5 Å². The average Bonchev–Trinajstić information content (AvgIpc) is 2.50. The van der Waals surface area contributed by atoms with Crippen molar-refractivity contribution >= 4 is 12.2 Å². The summed E-state index contributed by atoms with van der Waals surface area (Å²) >= 11 is 0. The Morgan fingerprint density at radius 3 is 2.60 bits per heavy atom. The van der Waals surface area contributed by atoms with E-state index in [0.29, 0.717) is 12.0 Å². The van der Waals surface area contributed by atoms with Gasteiger partial charge in [-0.2, -0.15) is 0 Å². The molecular formula is C15H21NO4. The fourth-order valence-corrected chi connectivity index (χ4v) is 1.75. The Labute approximate surface area is 119 Å². The zero-order chi connectivity index (χ0) is 15.0. The molecule has 0 saturated carbocycles. The predicted octanol–water partition coefficient (Wildman–Crippen LogP) is 2.25. The Hall–Kier alpha value is -1.88. The van der Waals surface area contributed by atoms with E-state index in [4.69, 9.17) is 4.74 Å². The largest absolute Gasteiger partial charge is 0.452 e. The molecule has 0 amide bonds. The van der Waals surface area contributed by atoms with Gasteiger partial charge in [-0.1, -0.05) is 37.2 Å². The standard InChI is InChI=1S/C15H21NO4/c1-4-13(17)11(2)14(10-16-19-3)20-15(18)12-8-6-5-7-9-12/h5-11,13-14,17H,4H2,1-3H3/t11-,13-,14+/m1/s1. The second-order valence-corrected chi connectivity index (χ2v) is 4.51. The molecule has 110 valence electrons. The molecule has 1 aromatic rings. The number of nitrogens with zero attached hydrogens (tertiary/aromatic N) is 1. The third-order valence-corrected chi connectivity index (χ3v) is 3.11. The Morgan fingerprint density at radius 1 is 1.40 bits per heavy atom. The first-order chi connectivity index (χ1) is 9.60. The van der Waals surface area contributed by atoms with E-state index in [9.17, 15) is 9.90 Å². The maximum Gasteiger partial charge on any atom is 0.338 e. The quantitative estimate of drug-likeness (QED) is 0.472. The molecule has 1 N–H and O–H groups in total. The summed E-state index contributed by atoms with van der Waals surface area (Å²) in [6.45, 7) is 3.67. The number of hydrogen-bond donors (Lipinski definition) is 1. The first-order valence-corrected chi connectivity index (χ1v) is 6.60. The van der Waals surface area contributed by atoms with Crippen molar-refractivity contribution in [2.45, 2.75) is 32.5 Å². The van der Waals surface area contributed by atoms with Gasteiger partial charge in [0.15, 0.2) is 0 Å². The molecule has 0 aromatic heterocycles. The van der Waals surface area contributed by atoms with E-state index < -0.39 is 18.2 Å². The number of rotatable bonds is 7. The Balaban J connectivity index is 2.79. The number of carbonyl (C=O) groups excluding carboxylic acids is 1. The Morgan fingerprint density at radius 2 is 2.05 bits per heavy atom. The molecule has 0 fully saturated rings. The number of aliphatic hydroxyl groups is 1. The van der Waals surface area contributed by atoms with E-state index in [2.05, 4.69) is 9.99 Å². The van der Waals surface area contributed by atoms with Gasteiger partial charge in [0.2, 0.25) is 0 Å². The molecular weight excluding hydrogens is 258 g/mol. The number of aliphatic hydroxyl groups excluding tert-OH is 1. The maximum atomic E-state index is 12.0. The number of oxime groups is 1. The molecule has 0 heterocycles. The van der Waals surface area contributed by atoms with Crippen LogP contribution in [0.4, 0.5) is 0 Å². The first kappa shape index (κ1) is 16.2. The van der Waals surface area contributed by atoms with Crippen LogP contribution >= 0.6 is 0 Å². The van der Waals surface area contributed by atoms with Crippen LogP contribution in [-0.2, 0) is 9.57 Å². The number of esters is 1. The molecule has 0 aliphatic heterocycles. The van der Waals surface area contributed by atoms with Gasteiger partial charge in [0.05, 0.1) is 17.9 Å².